The van der Waals surface area contributed by atoms with Crippen LogP contribution in [0.15, 0.2) is 42.1 Å². The van der Waals surface area contributed by atoms with Crippen molar-refractivity contribution in [3.05, 3.63) is 47.8 Å². The van der Waals surface area contributed by atoms with E-state index in [1.165, 1.54) is 18.3 Å². The van der Waals surface area contributed by atoms with Gasteiger partial charge in [0.2, 0.25) is 5.91 Å². The Hall–Kier alpha value is -2.35. The van der Waals surface area contributed by atoms with Gasteiger partial charge in [0.15, 0.2) is 6.61 Å². The number of aliphatic hydroxyl groups is 1. The Balaban J connectivity index is 1.84. The van der Waals surface area contributed by atoms with E-state index >= 15 is 0 Å². The van der Waals surface area contributed by atoms with Crippen molar-refractivity contribution in [1.82, 2.24) is 10.3 Å². The van der Waals surface area contributed by atoms with Crippen molar-refractivity contribution in [3.63, 3.8) is 0 Å². The van der Waals surface area contributed by atoms with Crippen molar-refractivity contribution >= 4 is 5.91 Å². The van der Waals surface area contributed by atoms with Crippen LogP contribution in [0, 0.1) is 5.92 Å². The zero-order valence-electron chi connectivity index (χ0n) is 16.1. The lowest BCUT2D eigenvalue weighted by molar-refractivity contribution is -0.153. The molecule has 0 aromatic carbocycles. The van der Waals surface area contributed by atoms with E-state index in [1.54, 1.807) is 20.8 Å². The van der Waals surface area contributed by atoms with Crippen molar-refractivity contribution < 1.29 is 27.8 Å². The highest BCUT2D eigenvalue weighted by molar-refractivity contribution is 5.79. The molecule has 0 saturated heterocycles. The van der Waals surface area contributed by atoms with Crippen LogP contribution in [0.5, 0.6) is 5.75 Å². The van der Waals surface area contributed by atoms with Crippen LogP contribution in [0.1, 0.15) is 45.3 Å². The molecule has 1 amide bonds. The van der Waals surface area contributed by atoms with Gasteiger partial charge in [0.1, 0.15) is 5.75 Å². The summed E-state index contributed by atoms with van der Waals surface area (Å²) in [5.41, 5.74) is 0.578. The molecule has 0 aliphatic heterocycles. The lowest BCUT2D eigenvalue weighted by atomic mass is 9.84. The van der Waals surface area contributed by atoms with Crippen LogP contribution in [-0.4, -0.2) is 34.4 Å². The number of nitrogens with one attached hydrogen (secondary N) is 1. The number of pyridine rings is 1. The molecule has 1 aliphatic carbocycles. The monoisotopic (exact) mass is 398 g/mol. The number of carbonyl (C=O) groups is 1. The third kappa shape index (κ3) is 6.99. The molecular formula is C20H25F3N2O3. The number of nitrogens with zero attached hydrogens (tertiary/aromatic N) is 1. The SMILES string of the molecule is C[C@@H](NC(=O)CC1=CCC(C(C)(C)O)C=C1)c1ccc(OCC(F)(F)F)cn1. The molecule has 0 radical (unpaired) electrons. The van der Waals surface area contributed by atoms with E-state index in [9.17, 15) is 23.1 Å². The van der Waals surface area contributed by atoms with E-state index in [-0.39, 0.29) is 24.0 Å². The van der Waals surface area contributed by atoms with E-state index < -0.39 is 24.4 Å². The van der Waals surface area contributed by atoms with Crippen molar-refractivity contribution in [1.29, 1.82) is 0 Å². The van der Waals surface area contributed by atoms with Crippen LogP contribution in [0.25, 0.3) is 0 Å². The van der Waals surface area contributed by atoms with E-state index in [0.29, 0.717) is 12.1 Å². The minimum atomic E-state index is -4.41. The number of rotatable bonds is 7. The van der Waals surface area contributed by atoms with Gasteiger partial charge in [-0.25, -0.2) is 0 Å². The molecule has 0 bridgehead atoms. The Bertz CT molecular complexity index is 735. The molecule has 2 N–H and O–H groups in total. The standard InChI is InChI=1S/C20H25F3N2O3/c1-13(17-9-8-16(11-24-17)28-12-20(21,22)23)25-18(26)10-14-4-6-15(7-5-14)19(2,3)27/h4-6,8-9,11,13,15,27H,7,10,12H2,1-3H3,(H,25,26)/t13-,15?/m1/s1. The van der Waals surface area contributed by atoms with E-state index in [1.807, 2.05) is 18.2 Å². The fourth-order valence-corrected chi connectivity index (χ4v) is 2.77. The highest BCUT2D eigenvalue weighted by atomic mass is 19.4. The fraction of sp³-hybridized carbons (Fsp3) is 0.500. The number of halogens is 3. The number of ether oxygens (including phenoxy) is 1. The summed E-state index contributed by atoms with van der Waals surface area (Å²) < 4.78 is 41.1. The van der Waals surface area contributed by atoms with Crippen molar-refractivity contribution in [2.75, 3.05) is 6.61 Å². The van der Waals surface area contributed by atoms with Crippen LogP contribution in [-0.2, 0) is 4.79 Å². The van der Waals surface area contributed by atoms with Crippen LogP contribution in [0.2, 0.25) is 0 Å². The predicted molar refractivity (Wildman–Crippen MR) is 98.6 cm³/mol. The van der Waals surface area contributed by atoms with Gasteiger partial charge in [-0.3, -0.25) is 9.78 Å². The maximum atomic E-state index is 12.2. The Morgan fingerprint density at radius 3 is 2.61 bits per heavy atom. The normalized spacial score (nSPS) is 18.4. The van der Waals surface area contributed by atoms with Gasteiger partial charge in [0.05, 0.1) is 30.0 Å². The topological polar surface area (TPSA) is 71.5 Å². The molecule has 154 valence electrons. The Morgan fingerprint density at radius 2 is 2.11 bits per heavy atom. The molecule has 0 spiro atoms. The van der Waals surface area contributed by atoms with Crippen molar-refractivity contribution in [3.8, 4) is 5.75 Å². The van der Waals surface area contributed by atoms with Crippen LogP contribution < -0.4 is 10.1 Å². The minimum absolute atomic E-state index is 0.0125. The average molecular weight is 398 g/mol. The van der Waals surface area contributed by atoms with Gasteiger partial charge in [-0.1, -0.05) is 18.2 Å². The smallest absolute Gasteiger partial charge is 0.422 e. The number of hydrogen-bond acceptors (Lipinski definition) is 4. The number of alkyl halides is 3. The van der Waals surface area contributed by atoms with Gasteiger partial charge < -0.3 is 15.2 Å². The second-order valence-electron chi connectivity index (χ2n) is 7.42. The van der Waals surface area contributed by atoms with E-state index in [2.05, 4.69) is 15.0 Å². The fourth-order valence-electron chi connectivity index (χ4n) is 2.77. The summed E-state index contributed by atoms with van der Waals surface area (Å²) in [6, 6.07) is 2.51. The summed E-state index contributed by atoms with van der Waals surface area (Å²) in [6.45, 7) is 3.87. The summed E-state index contributed by atoms with van der Waals surface area (Å²) in [5.74, 6) is -0.164. The molecule has 1 aliphatic rings. The third-order valence-electron chi connectivity index (χ3n) is 4.43. The van der Waals surface area contributed by atoms with Gasteiger partial charge in [0.25, 0.3) is 0 Å². The first-order valence-electron chi connectivity index (χ1n) is 8.98. The van der Waals surface area contributed by atoms with Gasteiger partial charge in [-0.2, -0.15) is 13.2 Å². The first-order chi connectivity index (χ1) is 12.9. The quantitative estimate of drug-likeness (QED) is 0.732. The van der Waals surface area contributed by atoms with Gasteiger partial charge in [-0.15, -0.1) is 0 Å². The first-order valence-corrected chi connectivity index (χ1v) is 8.98. The van der Waals surface area contributed by atoms with Crippen molar-refractivity contribution in [2.24, 2.45) is 5.92 Å². The summed E-state index contributed by atoms with van der Waals surface area (Å²) >= 11 is 0. The van der Waals surface area contributed by atoms with Gasteiger partial charge in [0, 0.05) is 5.92 Å². The lowest BCUT2D eigenvalue weighted by Gasteiger charge is -2.28. The van der Waals surface area contributed by atoms with Gasteiger partial charge in [-0.05, 0) is 44.9 Å². The van der Waals surface area contributed by atoms with Gasteiger partial charge >= 0.3 is 6.18 Å². The van der Waals surface area contributed by atoms with Crippen LogP contribution in [0.4, 0.5) is 13.2 Å². The molecule has 2 atom stereocenters. The highest BCUT2D eigenvalue weighted by Gasteiger charge is 2.28. The highest BCUT2D eigenvalue weighted by Crippen LogP contribution is 2.27. The second kappa shape index (κ2) is 8.77. The molecular weight excluding hydrogens is 373 g/mol. The van der Waals surface area contributed by atoms with E-state index in [4.69, 9.17) is 0 Å². The predicted octanol–water partition coefficient (Wildman–Crippen LogP) is 3.86. The first kappa shape index (κ1) is 21.9. The minimum Gasteiger partial charge on any atom is -0.483 e. The van der Waals surface area contributed by atoms with Crippen LogP contribution in [0.3, 0.4) is 0 Å². The zero-order chi connectivity index (χ0) is 20.9. The summed E-state index contributed by atoms with van der Waals surface area (Å²) in [7, 11) is 0. The number of aromatic nitrogens is 1. The Morgan fingerprint density at radius 1 is 1.39 bits per heavy atom. The molecule has 0 fully saturated rings. The molecule has 8 heteroatoms. The van der Waals surface area contributed by atoms with E-state index in [0.717, 1.165) is 5.57 Å². The number of amides is 1. The lowest BCUT2D eigenvalue weighted by Crippen LogP contribution is -2.30. The molecule has 1 heterocycles. The summed E-state index contributed by atoms with van der Waals surface area (Å²) in [4.78, 5) is 16.3. The molecule has 1 aromatic heterocycles. The number of carbonyl (C=O) groups excluding carboxylic acids is 1. The maximum Gasteiger partial charge on any atom is 0.422 e. The van der Waals surface area contributed by atoms with Crippen LogP contribution >= 0.6 is 0 Å². The summed E-state index contributed by atoms with van der Waals surface area (Å²) in [6.07, 6.45) is 3.36. The molecule has 1 unspecified atom stereocenters. The number of hydrogen-bond donors (Lipinski definition) is 2. The molecule has 5 nitrogen and oxygen atoms in total. The van der Waals surface area contributed by atoms with Crippen molar-refractivity contribution in [2.45, 2.75) is 51.4 Å². The molecule has 1 aromatic rings. The zero-order valence-corrected chi connectivity index (χ0v) is 16.1. The molecule has 0 saturated carbocycles. The molecule has 2 rings (SSSR count). The molecule has 28 heavy (non-hydrogen) atoms. The average Bonchev–Trinajstić information content (AvgIpc) is 2.59. The maximum absolute atomic E-state index is 12.2. The third-order valence-corrected chi connectivity index (χ3v) is 4.43. The Kier molecular flexibility index (Phi) is 6.87. The number of allylic oxidation sites excluding steroid dienone is 2. The second-order valence-corrected chi connectivity index (χ2v) is 7.42. The Labute approximate surface area is 162 Å². The largest absolute Gasteiger partial charge is 0.483 e. The summed E-state index contributed by atoms with van der Waals surface area (Å²) in [5, 5.41) is 12.8.